The van der Waals surface area contributed by atoms with E-state index in [2.05, 4.69) is 12.4 Å². The molecule has 35 heavy (non-hydrogen) atoms. The van der Waals surface area contributed by atoms with Gasteiger partial charge < -0.3 is 10.5 Å². The van der Waals surface area contributed by atoms with Crippen LogP contribution >= 0.6 is 0 Å². The monoisotopic (exact) mass is 525 g/mol. The predicted octanol–water partition coefficient (Wildman–Crippen LogP) is -0.499. The first-order chi connectivity index (χ1) is 16.5. The second-order valence-corrected chi connectivity index (χ2v) is 10.0. The summed E-state index contributed by atoms with van der Waals surface area (Å²) in [6, 6.07) is -1.52. The average Bonchev–Trinajstić information content (AvgIpc) is 2.81. The van der Waals surface area contributed by atoms with Gasteiger partial charge in [-0.25, -0.2) is 14.7 Å². The average molecular weight is 526 g/mol. The number of hydroxylamine groups is 3. The number of esters is 1. The third-order valence-electron chi connectivity index (χ3n) is 5.28. The normalized spacial score (nSPS) is 19.2. The van der Waals surface area contributed by atoms with Crippen LogP contribution < -0.4 is 17.1 Å². The number of nitrogens with two attached hydrogens (primary N) is 2. The summed E-state index contributed by atoms with van der Waals surface area (Å²) in [5.74, 6) is 4.81. The zero-order valence-corrected chi connectivity index (χ0v) is 21.5. The third-order valence-corrected chi connectivity index (χ3v) is 6.04. The molecule has 2 atom stereocenters. The van der Waals surface area contributed by atoms with Gasteiger partial charge in [0.15, 0.2) is 0 Å². The third kappa shape index (κ3) is 11.2. The van der Waals surface area contributed by atoms with Crippen molar-refractivity contribution in [2.75, 3.05) is 32.9 Å². The smallest absolute Gasteiger partial charge is 0.421 e. The van der Waals surface area contributed by atoms with Crippen LogP contribution in [-0.4, -0.2) is 81.8 Å². The van der Waals surface area contributed by atoms with Crippen molar-refractivity contribution < 1.29 is 40.8 Å². The molecule has 2 amide bonds. The van der Waals surface area contributed by atoms with Crippen LogP contribution in [0.4, 0.5) is 0 Å². The molecule has 1 heterocycles. The molecule has 0 aliphatic carbocycles. The summed E-state index contributed by atoms with van der Waals surface area (Å²) in [6.07, 6.45) is 4.33. The molecule has 1 saturated heterocycles. The lowest BCUT2D eigenvalue weighted by Gasteiger charge is -2.38. The van der Waals surface area contributed by atoms with E-state index in [1.54, 1.807) is 0 Å². The Bertz CT molecular complexity index is 781. The molecule has 0 aromatic carbocycles. The van der Waals surface area contributed by atoms with Crippen molar-refractivity contribution in [1.29, 1.82) is 0 Å². The molecule has 0 aromatic heterocycles. The number of hydrogen-bond donors (Lipinski definition) is 3. The Labute approximate surface area is 206 Å². The van der Waals surface area contributed by atoms with Gasteiger partial charge in [-0.1, -0.05) is 26.2 Å². The first-order valence-corrected chi connectivity index (χ1v) is 12.9. The molecule has 0 radical (unpaired) electrons. The van der Waals surface area contributed by atoms with Gasteiger partial charge in [-0.05, 0) is 33.1 Å². The van der Waals surface area contributed by atoms with Crippen molar-refractivity contribution in [2.24, 2.45) is 17.0 Å². The van der Waals surface area contributed by atoms with Crippen molar-refractivity contribution in [3.63, 3.8) is 0 Å². The van der Waals surface area contributed by atoms with Gasteiger partial charge in [0, 0.05) is 13.1 Å². The predicted molar refractivity (Wildman–Crippen MR) is 124 cm³/mol. The fourth-order valence-electron chi connectivity index (χ4n) is 3.18. The van der Waals surface area contributed by atoms with Crippen molar-refractivity contribution in [3.8, 4) is 0 Å². The van der Waals surface area contributed by atoms with Gasteiger partial charge in [-0.15, -0.1) is 4.28 Å². The SMILES string of the molecule is CCCCCCOC(=O)C(C)(C)COS(=O)(=O)ON(C=O)[C@@H]1CC[C@@H](C(=O)NOCCN)N(N)C1. The minimum atomic E-state index is -4.69. The number of unbranched alkanes of at least 4 members (excludes halogenated alkanes) is 3. The van der Waals surface area contributed by atoms with Crippen LogP contribution in [0.2, 0.25) is 0 Å². The van der Waals surface area contributed by atoms with Crippen molar-refractivity contribution in [3.05, 3.63) is 0 Å². The van der Waals surface area contributed by atoms with E-state index in [1.807, 2.05) is 0 Å². The van der Waals surface area contributed by atoms with E-state index < -0.39 is 46.4 Å². The first kappa shape index (κ1) is 31.2. The number of piperidine rings is 1. The maximum Gasteiger partial charge on any atom is 0.421 e. The van der Waals surface area contributed by atoms with E-state index in [9.17, 15) is 22.8 Å². The minimum Gasteiger partial charge on any atom is -0.465 e. The molecule has 1 aliphatic rings. The van der Waals surface area contributed by atoms with Gasteiger partial charge in [-0.3, -0.25) is 25.1 Å². The summed E-state index contributed by atoms with van der Waals surface area (Å²) >= 11 is 0. The van der Waals surface area contributed by atoms with Gasteiger partial charge in [-0.2, -0.15) is 13.5 Å². The van der Waals surface area contributed by atoms with Gasteiger partial charge >= 0.3 is 16.4 Å². The summed E-state index contributed by atoms with van der Waals surface area (Å²) in [7, 11) is -4.69. The van der Waals surface area contributed by atoms with E-state index in [0.717, 1.165) is 30.7 Å². The molecule has 15 heteroatoms. The molecule has 0 unspecified atom stereocenters. The Balaban J connectivity index is 2.57. The minimum absolute atomic E-state index is 0.0565. The molecule has 0 saturated carbocycles. The summed E-state index contributed by atoms with van der Waals surface area (Å²) in [4.78, 5) is 40.8. The number of carbonyl (C=O) groups is 3. The molecular formula is C20H39N5O9S. The van der Waals surface area contributed by atoms with Gasteiger partial charge in [0.05, 0.1) is 31.3 Å². The molecule has 0 aromatic rings. The lowest BCUT2D eigenvalue weighted by atomic mass is 9.95. The lowest BCUT2D eigenvalue weighted by molar-refractivity contribution is -0.162. The molecule has 1 rings (SSSR count). The lowest BCUT2D eigenvalue weighted by Crippen LogP contribution is -2.59. The molecule has 204 valence electrons. The summed E-state index contributed by atoms with van der Waals surface area (Å²) in [5.41, 5.74) is 6.25. The van der Waals surface area contributed by atoms with Crippen molar-refractivity contribution >= 4 is 28.7 Å². The van der Waals surface area contributed by atoms with Crippen LogP contribution in [0.1, 0.15) is 59.3 Å². The van der Waals surface area contributed by atoms with E-state index in [-0.39, 0.29) is 45.6 Å². The molecule has 5 N–H and O–H groups in total. The Morgan fingerprint density at radius 1 is 1.20 bits per heavy atom. The van der Waals surface area contributed by atoms with Crippen molar-refractivity contribution in [1.82, 2.24) is 15.6 Å². The molecule has 0 bridgehead atoms. The highest BCUT2D eigenvalue weighted by molar-refractivity contribution is 7.81. The van der Waals surface area contributed by atoms with Crippen LogP contribution in [0, 0.1) is 5.41 Å². The number of rotatable bonds is 17. The van der Waals surface area contributed by atoms with Crippen LogP contribution in [0.15, 0.2) is 0 Å². The summed E-state index contributed by atoms with van der Waals surface area (Å²) in [5, 5.41) is 1.72. The number of amides is 2. The van der Waals surface area contributed by atoms with Gasteiger partial charge in [0.2, 0.25) is 6.41 Å². The maximum atomic E-state index is 12.3. The van der Waals surface area contributed by atoms with Crippen LogP contribution in [-0.2, 0) is 42.8 Å². The van der Waals surface area contributed by atoms with Crippen LogP contribution in [0.25, 0.3) is 0 Å². The largest absolute Gasteiger partial charge is 0.465 e. The quantitative estimate of drug-likeness (QED) is 0.0726. The number of nitrogens with one attached hydrogen (secondary N) is 1. The Hall–Kier alpha value is -1.88. The van der Waals surface area contributed by atoms with Gasteiger partial charge in [0.25, 0.3) is 5.91 Å². The highest BCUT2D eigenvalue weighted by Crippen LogP contribution is 2.22. The Morgan fingerprint density at radius 2 is 1.91 bits per heavy atom. The fourth-order valence-corrected chi connectivity index (χ4v) is 4.03. The fraction of sp³-hybridized carbons (Fsp3) is 0.850. The number of nitrogens with zero attached hydrogens (tertiary/aromatic N) is 2. The topological polar surface area (TPSA) is 193 Å². The van der Waals surface area contributed by atoms with Crippen LogP contribution in [0.3, 0.4) is 0 Å². The van der Waals surface area contributed by atoms with Crippen LogP contribution in [0.5, 0.6) is 0 Å². The van der Waals surface area contributed by atoms with E-state index in [0.29, 0.717) is 5.06 Å². The maximum absolute atomic E-state index is 12.3. The molecule has 0 spiro atoms. The zero-order chi connectivity index (χ0) is 26.5. The standard InChI is InChI=1S/C20H39N5O9S/c1-4-5-6-7-11-31-19(28)20(2,3)14-33-35(29,30)34-25(15-26)16-8-9-17(24(22)13-16)18(27)23-32-12-10-21/h15-17H,4-14,21-22H2,1-3H3,(H,23,27)/t16-,17+/m1/s1. The number of hydrogen-bond acceptors (Lipinski definition) is 12. The number of hydrazine groups is 1. The van der Waals surface area contributed by atoms with E-state index in [4.69, 9.17) is 29.6 Å². The Morgan fingerprint density at radius 3 is 2.51 bits per heavy atom. The highest BCUT2D eigenvalue weighted by Gasteiger charge is 2.37. The van der Waals surface area contributed by atoms with Gasteiger partial charge in [0.1, 0.15) is 6.04 Å². The zero-order valence-electron chi connectivity index (χ0n) is 20.6. The Kier molecular flexibility index (Phi) is 13.6. The summed E-state index contributed by atoms with van der Waals surface area (Å²) in [6.45, 7) is 5.00. The van der Waals surface area contributed by atoms with E-state index >= 15 is 0 Å². The first-order valence-electron chi connectivity index (χ1n) is 11.6. The van der Waals surface area contributed by atoms with E-state index in [1.165, 1.54) is 13.8 Å². The molecule has 1 aliphatic heterocycles. The number of ether oxygens (including phenoxy) is 1. The second kappa shape index (κ2) is 15.3. The molecule has 1 fully saturated rings. The second-order valence-electron chi connectivity index (χ2n) is 8.84. The summed E-state index contributed by atoms with van der Waals surface area (Å²) < 4.78 is 39.5. The highest BCUT2D eigenvalue weighted by atomic mass is 32.3. The van der Waals surface area contributed by atoms with Crippen molar-refractivity contribution in [2.45, 2.75) is 71.4 Å². The molecular weight excluding hydrogens is 486 g/mol. The number of carbonyl (C=O) groups excluding carboxylic acids is 3. The molecule has 14 nitrogen and oxygen atoms in total.